The van der Waals surface area contributed by atoms with Crippen molar-refractivity contribution >= 4 is 17.5 Å². The number of hydrogen-bond acceptors (Lipinski definition) is 4. The summed E-state index contributed by atoms with van der Waals surface area (Å²) in [6.45, 7) is 3.88. The van der Waals surface area contributed by atoms with E-state index >= 15 is 0 Å². The summed E-state index contributed by atoms with van der Waals surface area (Å²) in [6.07, 6.45) is 0. The van der Waals surface area contributed by atoms with Gasteiger partial charge in [-0.3, -0.25) is 9.79 Å². The number of carbonyl (C=O) groups is 2. The zero-order valence-corrected chi connectivity index (χ0v) is 14.7. The van der Waals surface area contributed by atoms with E-state index in [-0.39, 0.29) is 18.3 Å². The van der Waals surface area contributed by atoms with E-state index < -0.39 is 11.9 Å². The molecular weight excluding hydrogens is 326 g/mol. The van der Waals surface area contributed by atoms with E-state index in [9.17, 15) is 9.59 Å². The lowest BCUT2D eigenvalue weighted by Crippen LogP contribution is -2.32. The molecule has 0 fully saturated rings. The number of rotatable bonds is 3. The molecule has 0 saturated carbocycles. The number of fused-ring (bicyclic) bond motifs is 3. The molecule has 4 nitrogen and oxygen atoms in total. The van der Waals surface area contributed by atoms with Crippen molar-refractivity contribution < 1.29 is 14.3 Å². The first kappa shape index (κ1) is 16.5. The highest BCUT2D eigenvalue weighted by molar-refractivity contribution is 6.30. The van der Waals surface area contributed by atoms with Gasteiger partial charge in [0.05, 0.1) is 23.8 Å². The van der Waals surface area contributed by atoms with Gasteiger partial charge in [-0.2, -0.15) is 0 Å². The van der Waals surface area contributed by atoms with Crippen LogP contribution in [0.4, 0.5) is 0 Å². The maximum Gasteiger partial charge on any atom is 0.336 e. The zero-order valence-electron chi connectivity index (χ0n) is 14.7. The first-order valence-electron chi connectivity index (χ1n) is 8.78. The Morgan fingerprint density at radius 1 is 1.00 bits per heavy atom. The number of carbonyl (C=O) groups excluding carboxylic acids is 2. The van der Waals surface area contributed by atoms with Crippen molar-refractivity contribution in [3.8, 4) is 0 Å². The Kier molecular flexibility index (Phi) is 4.03. The Hall–Kier alpha value is -3.01. The van der Waals surface area contributed by atoms with Crippen molar-refractivity contribution in [2.75, 3.05) is 6.61 Å². The van der Waals surface area contributed by atoms with Crippen LogP contribution in [-0.2, 0) is 9.53 Å². The molecule has 0 bridgehead atoms. The molecule has 0 spiro atoms. The molecule has 0 N–H and O–H groups in total. The fourth-order valence-corrected chi connectivity index (χ4v) is 3.96. The molecular formula is C22H19NO3. The molecule has 26 heavy (non-hydrogen) atoms. The van der Waals surface area contributed by atoms with Gasteiger partial charge in [-0.15, -0.1) is 0 Å². The lowest BCUT2D eigenvalue weighted by molar-refractivity contribution is -0.139. The Labute approximate surface area is 152 Å². The van der Waals surface area contributed by atoms with Crippen LogP contribution in [0.25, 0.3) is 0 Å². The number of ether oxygens (including phenoxy) is 1. The minimum absolute atomic E-state index is 0.0162. The Balaban J connectivity index is 1.94. The molecule has 2 atom stereocenters. The van der Waals surface area contributed by atoms with Crippen LogP contribution >= 0.6 is 0 Å². The lowest BCUT2D eigenvalue weighted by atomic mass is 9.75. The highest BCUT2D eigenvalue weighted by atomic mass is 16.5. The number of hydrogen-bond donors (Lipinski definition) is 0. The van der Waals surface area contributed by atoms with Crippen LogP contribution in [0.1, 0.15) is 41.3 Å². The van der Waals surface area contributed by atoms with E-state index in [0.717, 1.165) is 16.8 Å². The van der Waals surface area contributed by atoms with E-state index in [1.54, 1.807) is 6.92 Å². The predicted octanol–water partition coefficient (Wildman–Crippen LogP) is 3.92. The second-order valence-electron chi connectivity index (χ2n) is 6.49. The summed E-state index contributed by atoms with van der Waals surface area (Å²) in [5, 5.41) is 0. The van der Waals surface area contributed by atoms with Crippen molar-refractivity contribution in [2.24, 2.45) is 10.9 Å². The van der Waals surface area contributed by atoms with Crippen LogP contribution in [-0.4, -0.2) is 24.1 Å². The number of Topliss-reactive ketones (excluding diaryl/α,β-unsaturated/α-hetero) is 1. The SMILES string of the molecule is CCOC(=O)C1=C(C)N=C2c3ccccc3C(=O)[C@H]2[C@@H]1c1ccccc1. The molecule has 130 valence electrons. The smallest absolute Gasteiger partial charge is 0.336 e. The predicted molar refractivity (Wildman–Crippen MR) is 99.3 cm³/mol. The van der Waals surface area contributed by atoms with Gasteiger partial charge in [-0.25, -0.2) is 4.79 Å². The largest absolute Gasteiger partial charge is 0.463 e. The molecule has 0 saturated heterocycles. The fourth-order valence-electron chi connectivity index (χ4n) is 3.96. The summed E-state index contributed by atoms with van der Waals surface area (Å²) in [7, 11) is 0. The molecule has 1 aliphatic carbocycles. The third-order valence-corrected chi connectivity index (χ3v) is 5.02. The van der Waals surface area contributed by atoms with E-state index in [4.69, 9.17) is 4.74 Å². The third-order valence-electron chi connectivity index (χ3n) is 5.02. The number of esters is 1. The van der Waals surface area contributed by atoms with Crippen LogP contribution in [0, 0.1) is 5.92 Å². The summed E-state index contributed by atoms with van der Waals surface area (Å²) >= 11 is 0. The number of allylic oxidation sites excluding steroid dienone is 1. The van der Waals surface area contributed by atoms with Gasteiger partial charge >= 0.3 is 5.97 Å². The third kappa shape index (κ3) is 2.41. The van der Waals surface area contributed by atoms with Gasteiger partial charge in [0.25, 0.3) is 0 Å². The average Bonchev–Trinajstić information content (AvgIpc) is 2.94. The zero-order chi connectivity index (χ0) is 18.3. The van der Waals surface area contributed by atoms with Crippen LogP contribution in [0.15, 0.2) is 70.9 Å². The topological polar surface area (TPSA) is 55.7 Å². The van der Waals surface area contributed by atoms with Gasteiger partial charge in [0, 0.05) is 22.7 Å². The first-order valence-corrected chi connectivity index (χ1v) is 8.78. The molecule has 1 aliphatic heterocycles. The van der Waals surface area contributed by atoms with Crippen molar-refractivity contribution in [1.82, 2.24) is 0 Å². The summed E-state index contributed by atoms with van der Waals surface area (Å²) in [5.74, 6) is -1.26. The number of ketones is 1. The molecule has 4 heteroatoms. The quantitative estimate of drug-likeness (QED) is 0.792. The van der Waals surface area contributed by atoms with Crippen molar-refractivity contribution in [3.63, 3.8) is 0 Å². The standard InChI is InChI=1S/C22H19NO3/c1-3-26-22(25)17-13(2)23-20-15-11-7-8-12-16(15)21(24)19(20)18(17)14-9-5-4-6-10-14/h4-12,18-19H,3H2,1-2H3/t18-,19+/m1/s1. The summed E-state index contributed by atoms with van der Waals surface area (Å²) in [5.41, 5.74) is 4.32. The van der Waals surface area contributed by atoms with E-state index in [1.807, 2.05) is 61.5 Å². The summed E-state index contributed by atoms with van der Waals surface area (Å²) < 4.78 is 5.29. The van der Waals surface area contributed by atoms with E-state index in [0.29, 0.717) is 16.8 Å². The Morgan fingerprint density at radius 2 is 1.65 bits per heavy atom. The highest BCUT2D eigenvalue weighted by Crippen LogP contribution is 2.45. The first-order chi connectivity index (χ1) is 12.6. The second-order valence-corrected chi connectivity index (χ2v) is 6.49. The number of benzene rings is 2. The molecule has 0 amide bonds. The second kappa shape index (κ2) is 6.37. The molecule has 2 aromatic rings. The van der Waals surface area contributed by atoms with Gasteiger partial charge in [0.2, 0.25) is 0 Å². The molecule has 4 rings (SSSR count). The molecule has 1 heterocycles. The summed E-state index contributed by atoms with van der Waals surface area (Å²) in [6, 6.07) is 17.2. The average molecular weight is 345 g/mol. The summed E-state index contributed by atoms with van der Waals surface area (Å²) in [4.78, 5) is 30.6. The Morgan fingerprint density at radius 3 is 2.35 bits per heavy atom. The molecule has 0 unspecified atom stereocenters. The van der Waals surface area contributed by atoms with E-state index in [2.05, 4.69) is 4.99 Å². The number of nitrogens with zero attached hydrogens (tertiary/aromatic N) is 1. The fraction of sp³-hybridized carbons (Fsp3) is 0.227. The van der Waals surface area contributed by atoms with E-state index in [1.165, 1.54) is 0 Å². The van der Waals surface area contributed by atoms with Gasteiger partial charge in [-0.1, -0.05) is 54.6 Å². The van der Waals surface area contributed by atoms with Gasteiger partial charge in [0.15, 0.2) is 5.78 Å². The lowest BCUT2D eigenvalue weighted by Gasteiger charge is -2.29. The van der Waals surface area contributed by atoms with Crippen LogP contribution in [0.3, 0.4) is 0 Å². The van der Waals surface area contributed by atoms with Crippen LogP contribution < -0.4 is 0 Å². The van der Waals surface area contributed by atoms with Gasteiger partial charge in [-0.05, 0) is 19.4 Å². The van der Waals surface area contributed by atoms with Crippen molar-refractivity contribution in [1.29, 1.82) is 0 Å². The Bertz CT molecular complexity index is 956. The molecule has 2 aromatic carbocycles. The van der Waals surface area contributed by atoms with Crippen LogP contribution in [0.2, 0.25) is 0 Å². The maximum absolute atomic E-state index is 13.2. The van der Waals surface area contributed by atoms with Crippen molar-refractivity contribution in [2.45, 2.75) is 19.8 Å². The van der Waals surface area contributed by atoms with Crippen molar-refractivity contribution in [3.05, 3.63) is 82.6 Å². The number of aliphatic imine (C=N–C) groups is 1. The minimum Gasteiger partial charge on any atom is -0.463 e. The highest BCUT2D eigenvalue weighted by Gasteiger charge is 2.47. The molecule has 0 aromatic heterocycles. The normalized spacial score (nSPS) is 21.2. The van der Waals surface area contributed by atoms with Crippen LogP contribution in [0.5, 0.6) is 0 Å². The molecule has 2 aliphatic rings. The van der Waals surface area contributed by atoms with Gasteiger partial charge in [0.1, 0.15) is 0 Å². The monoisotopic (exact) mass is 345 g/mol. The maximum atomic E-state index is 13.2. The molecule has 0 radical (unpaired) electrons. The minimum atomic E-state index is -0.488. The van der Waals surface area contributed by atoms with Gasteiger partial charge < -0.3 is 4.74 Å².